The molecule has 0 atom stereocenters. The van der Waals surface area contributed by atoms with Gasteiger partial charge in [0.2, 0.25) is 0 Å². The number of unbranched alkanes of at least 4 members (excludes halogenated alkanes) is 1. The Morgan fingerprint density at radius 2 is 2.07 bits per heavy atom. The Kier molecular flexibility index (Phi) is 7.34. The van der Waals surface area contributed by atoms with Crippen molar-refractivity contribution in [2.45, 2.75) is 38.4 Å². The van der Waals surface area contributed by atoms with Gasteiger partial charge in [-0.1, -0.05) is 19.1 Å². The van der Waals surface area contributed by atoms with Crippen LogP contribution in [0.4, 0.5) is 0 Å². The van der Waals surface area contributed by atoms with Crippen molar-refractivity contribution < 1.29 is 14.0 Å². The van der Waals surface area contributed by atoms with Crippen molar-refractivity contribution in [1.29, 1.82) is 0 Å². The van der Waals surface area contributed by atoms with Gasteiger partial charge in [-0.3, -0.25) is 4.79 Å². The molecule has 0 fully saturated rings. The molecule has 0 rings (SSSR count). The van der Waals surface area contributed by atoms with Crippen LogP contribution < -0.4 is 0 Å². The van der Waals surface area contributed by atoms with E-state index in [2.05, 4.69) is 19.7 Å². The standard InChI is InChI=1S/C11H22O3Si/c1-5-9-14-11(12)8-6-7-10-15(3,4)13-2/h5H,1,6-10H2,2-4H3. The molecule has 0 heterocycles. The summed E-state index contributed by atoms with van der Waals surface area (Å²) in [5.41, 5.74) is 0. The van der Waals surface area contributed by atoms with Crippen LogP contribution in [0.1, 0.15) is 19.3 Å². The maximum atomic E-state index is 11.1. The van der Waals surface area contributed by atoms with Gasteiger partial charge in [-0.2, -0.15) is 0 Å². The summed E-state index contributed by atoms with van der Waals surface area (Å²) in [6.07, 6.45) is 4.01. The number of esters is 1. The van der Waals surface area contributed by atoms with Crippen molar-refractivity contribution >= 4 is 14.3 Å². The summed E-state index contributed by atoms with van der Waals surface area (Å²) < 4.78 is 10.3. The van der Waals surface area contributed by atoms with Crippen LogP contribution in [-0.2, 0) is 14.0 Å². The van der Waals surface area contributed by atoms with E-state index in [0.717, 1.165) is 18.9 Å². The fourth-order valence-corrected chi connectivity index (χ4v) is 2.45. The number of ether oxygens (including phenoxy) is 1. The predicted octanol–water partition coefficient (Wildman–Crippen LogP) is 2.74. The Morgan fingerprint density at radius 3 is 2.60 bits per heavy atom. The number of hydrogen-bond acceptors (Lipinski definition) is 3. The van der Waals surface area contributed by atoms with Gasteiger partial charge >= 0.3 is 5.97 Å². The van der Waals surface area contributed by atoms with E-state index in [1.165, 1.54) is 0 Å². The smallest absolute Gasteiger partial charge is 0.306 e. The van der Waals surface area contributed by atoms with Gasteiger partial charge in [0.15, 0.2) is 8.32 Å². The van der Waals surface area contributed by atoms with E-state index in [9.17, 15) is 4.79 Å². The van der Waals surface area contributed by atoms with Crippen LogP contribution in [0.2, 0.25) is 19.1 Å². The highest BCUT2D eigenvalue weighted by Gasteiger charge is 2.19. The Morgan fingerprint density at radius 1 is 1.40 bits per heavy atom. The molecule has 0 unspecified atom stereocenters. The highest BCUT2D eigenvalue weighted by molar-refractivity contribution is 6.71. The predicted molar refractivity (Wildman–Crippen MR) is 64.3 cm³/mol. The van der Waals surface area contributed by atoms with E-state index in [4.69, 9.17) is 9.16 Å². The summed E-state index contributed by atoms with van der Waals surface area (Å²) in [6, 6.07) is 1.10. The van der Waals surface area contributed by atoms with E-state index < -0.39 is 8.32 Å². The van der Waals surface area contributed by atoms with Crippen molar-refractivity contribution in [3.8, 4) is 0 Å². The van der Waals surface area contributed by atoms with Gasteiger partial charge in [0.25, 0.3) is 0 Å². The minimum Gasteiger partial charge on any atom is -0.461 e. The van der Waals surface area contributed by atoms with E-state index in [-0.39, 0.29) is 5.97 Å². The number of rotatable bonds is 8. The largest absolute Gasteiger partial charge is 0.461 e. The van der Waals surface area contributed by atoms with Gasteiger partial charge < -0.3 is 9.16 Å². The van der Waals surface area contributed by atoms with E-state index in [0.29, 0.717) is 13.0 Å². The first kappa shape index (κ1) is 14.4. The third kappa shape index (κ3) is 8.39. The topological polar surface area (TPSA) is 35.5 Å². The van der Waals surface area contributed by atoms with Crippen LogP contribution in [0.3, 0.4) is 0 Å². The Balaban J connectivity index is 3.46. The maximum absolute atomic E-state index is 11.1. The van der Waals surface area contributed by atoms with Gasteiger partial charge in [0, 0.05) is 13.5 Å². The fourth-order valence-electron chi connectivity index (χ4n) is 1.15. The van der Waals surface area contributed by atoms with Crippen molar-refractivity contribution in [2.24, 2.45) is 0 Å². The Labute approximate surface area is 93.6 Å². The average Bonchev–Trinajstić information content (AvgIpc) is 2.21. The van der Waals surface area contributed by atoms with Crippen molar-refractivity contribution in [3.05, 3.63) is 12.7 Å². The van der Waals surface area contributed by atoms with E-state index in [1.807, 2.05) is 0 Å². The quantitative estimate of drug-likeness (QED) is 0.278. The summed E-state index contributed by atoms with van der Waals surface area (Å²) in [4.78, 5) is 11.1. The number of hydrogen-bond donors (Lipinski definition) is 0. The molecule has 0 aliphatic rings. The second kappa shape index (κ2) is 7.65. The lowest BCUT2D eigenvalue weighted by molar-refractivity contribution is -0.142. The van der Waals surface area contributed by atoms with Crippen LogP contribution in [0.5, 0.6) is 0 Å². The summed E-state index contributed by atoms with van der Waals surface area (Å²) in [7, 11) is 0.325. The lowest BCUT2D eigenvalue weighted by Crippen LogP contribution is -2.27. The Bertz CT molecular complexity index is 202. The van der Waals surface area contributed by atoms with Crippen LogP contribution >= 0.6 is 0 Å². The van der Waals surface area contributed by atoms with Crippen LogP contribution in [0.15, 0.2) is 12.7 Å². The first-order valence-corrected chi connectivity index (χ1v) is 8.45. The molecule has 0 aromatic heterocycles. The molecular weight excluding hydrogens is 208 g/mol. The van der Waals surface area contributed by atoms with Gasteiger partial charge in [0.1, 0.15) is 6.61 Å². The highest BCUT2D eigenvalue weighted by atomic mass is 28.4. The zero-order chi connectivity index (χ0) is 11.7. The second-order valence-electron chi connectivity index (χ2n) is 4.14. The molecule has 0 aliphatic heterocycles. The highest BCUT2D eigenvalue weighted by Crippen LogP contribution is 2.14. The van der Waals surface area contributed by atoms with Crippen LogP contribution in [0, 0.1) is 0 Å². The molecule has 0 aromatic rings. The minimum atomic E-state index is -1.44. The van der Waals surface area contributed by atoms with Crippen molar-refractivity contribution in [1.82, 2.24) is 0 Å². The van der Waals surface area contributed by atoms with Crippen LogP contribution in [-0.4, -0.2) is 28.0 Å². The van der Waals surface area contributed by atoms with Crippen LogP contribution in [0.25, 0.3) is 0 Å². The fraction of sp³-hybridized carbons (Fsp3) is 0.727. The molecule has 0 aromatic carbocycles. The SMILES string of the molecule is C=CCOC(=O)CCCC[Si](C)(C)OC. The lowest BCUT2D eigenvalue weighted by atomic mass is 10.2. The first-order valence-electron chi connectivity index (χ1n) is 5.33. The third-order valence-electron chi connectivity index (χ3n) is 2.32. The normalized spacial score (nSPS) is 11.1. The molecule has 3 nitrogen and oxygen atoms in total. The molecule has 0 amide bonds. The molecule has 15 heavy (non-hydrogen) atoms. The summed E-state index contributed by atoms with van der Waals surface area (Å²) >= 11 is 0. The molecular formula is C11H22O3Si. The van der Waals surface area contributed by atoms with E-state index >= 15 is 0 Å². The van der Waals surface area contributed by atoms with E-state index in [1.54, 1.807) is 13.2 Å². The molecule has 0 spiro atoms. The monoisotopic (exact) mass is 230 g/mol. The van der Waals surface area contributed by atoms with Crippen molar-refractivity contribution in [2.75, 3.05) is 13.7 Å². The third-order valence-corrected chi connectivity index (χ3v) is 4.99. The molecule has 0 bridgehead atoms. The van der Waals surface area contributed by atoms with Gasteiger partial charge in [-0.05, 0) is 25.6 Å². The molecule has 4 heteroatoms. The maximum Gasteiger partial charge on any atom is 0.306 e. The molecule has 88 valence electrons. The first-order chi connectivity index (χ1) is 7.02. The molecule has 0 saturated carbocycles. The van der Waals surface area contributed by atoms with Gasteiger partial charge in [-0.25, -0.2) is 0 Å². The second-order valence-corrected chi connectivity index (χ2v) is 8.57. The number of carbonyl (C=O) groups excluding carboxylic acids is 1. The zero-order valence-corrected chi connectivity index (χ0v) is 11.0. The Hall–Kier alpha value is -0.613. The molecule has 0 aliphatic carbocycles. The summed E-state index contributed by atoms with van der Waals surface area (Å²) in [6.45, 7) is 8.17. The average molecular weight is 230 g/mol. The van der Waals surface area contributed by atoms with Gasteiger partial charge in [0.05, 0.1) is 0 Å². The number of carbonyl (C=O) groups is 1. The molecule has 0 radical (unpaired) electrons. The zero-order valence-electron chi connectivity index (χ0n) is 10.0. The molecule has 0 N–H and O–H groups in total. The summed E-state index contributed by atoms with van der Waals surface area (Å²) in [5, 5.41) is 0. The minimum absolute atomic E-state index is 0.133. The lowest BCUT2D eigenvalue weighted by Gasteiger charge is -2.19. The van der Waals surface area contributed by atoms with Crippen molar-refractivity contribution in [3.63, 3.8) is 0 Å². The van der Waals surface area contributed by atoms with Gasteiger partial charge in [-0.15, -0.1) is 0 Å². The molecule has 0 saturated heterocycles. The summed E-state index contributed by atoms with van der Waals surface area (Å²) in [5.74, 6) is -0.133.